The zero-order chi connectivity index (χ0) is 19.1. The Morgan fingerprint density at radius 1 is 1.22 bits per heavy atom. The summed E-state index contributed by atoms with van der Waals surface area (Å²) in [4.78, 5) is 17.6. The molecular weight excluding hydrogens is 342 g/mol. The summed E-state index contributed by atoms with van der Waals surface area (Å²) < 4.78 is 1.88. The normalized spacial score (nSPS) is 14.3. The van der Waals surface area contributed by atoms with E-state index in [1.807, 2.05) is 41.9 Å². The standard InChI is InChI=1S/C20H19N5O2/c1-12(26)22-13-6-5-7-14(10-13)25-11-17(27)18(19(25)21)20-23-15-8-3-4-9-16(15)24(20)2/h3-10,21,27H,11H2,1-2H3,(H,22,26). The molecule has 1 aliphatic heterocycles. The number of hydrogen-bond donors (Lipinski definition) is 3. The van der Waals surface area contributed by atoms with Gasteiger partial charge in [0.1, 0.15) is 17.4 Å². The highest BCUT2D eigenvalue weighted by molar-refractivity contribution is 6.30. The number of para-hydroxylation sites is 2. The van der Waals surface area contributed by atoms with E-state index in [9.17, 15) is 9.90 Å². The van der Waals surface area contributed by atoms with Crippen LogP contribution in [0.2, 0.25) is 0 Å². The van der Waals surface area contributed by atoms with Gasteiger partial charge in [-0.1, -0.05) is 18.2 Å². The van der Waals surface area contributed by atoms with Gasteiger partial charge in [0.2, 0.25) is 5.91 Å². The molecule has 0 bridgehead atoms. The lowest BCUT2D eigenvalue weighted by Gasteiger charge is -2.19. The SMILES string of the molecule is CC(=O)Nc1cccc(N2CC(O)=C(c3nc4ccccc4n3C)C2=N)c1. The predicted octanol–water partition coefficient (Wildman–Crippen LogP) is 3.30. The molecule has 0 saturated heterocycles. The second kappa shape index (κ2) is 6.28. The minimum atomic E-state index is -0.162. The number of aliphatic hydroxyl groups excluding tert-OH is 1. The van der Waals surface area contributed by atoms with Crippen LogP contribution in [0.1, 0.15) is 12.7 Å². The maximum absolute atomic E-state index is 11.3. The van der Waals surface area contributed by atoms with Crippen LogP contribution < -0.4 is 10.2 Å². The van der Waals surface area contributed by atoms with Crippen molar-refractivity contribution in [2.24, 2.45) is 7.05 Å². The summed E-state index contributed by atoms with van der Waals surface area (Å²) >= 11 is 0. The van der Waals surface area contributed by atoms with Crippen LogP contribution >= 0.6 is 0 Å². The average molecular weight is 361 g/mol. The van der Waals surface area contributed by atoms with Crippen molar-refractivity contribution in [3.8, 4) is 0 Å². The molecule has 2 heterocycles. The fourth-order valence-electron chi connectivity index (χ4n) is 3.36. The van der Waals surface area contributed by atoms with Gasteiger partial charge in [-0.3, -0.25) is 10.2 Å². The molecule has 3 aromatic rings. The molecule has 0 fully saturated rings. The van der Waals surface area contributed by atoms with Gasteiger partial charge in [0.05, 0.1) is 23.2 Å². The van der Waals surface area contributed by atoms with Crippen molar-refractivity contribution in [2.45, 2.75) is 6.92 Å². The number of aryl methyl sites for hydroxylation is 1. The summed E-state index contributed by atoms with van der Waals surface area (Å²) in [6.07, 6.45) is 0. The number of amides is 1. The molecule has 136 valence electrons. The van der Waals surface area contributed by atoms with E-state index >= 15 is 0 Å². The maximum Gasteiger partial charge on any atom is 0.221 e. The van der Waals surface area contributed by atoms with Crippen LogP contribution in [0.5, 0.6) is 0 Å². The Hall–Kier alpha value is -3.61. The lowest BCUT2D eigenvalue weighted by molar-refractivity contribution is -0.114. The summed E-state index contributed by atoms with van der Waals surface area (Å²) in [6.45, 7) is 1.63. The zero-order valence-corrected chi connectivity index (χ0v) is 15.0. The van der Waals surface area contributed by atoms with E-state index < -0.39 is 0 Å². The lowest BCUT2D eigenvalue weighted by Crippen LogP contribution is -2.26. The average Bonchev–Trinajstić information content (AvgIpc) is 3.11. The number of amidine groups is 1. The van der Waals surface area contributed by atoms with Crippen LogP contribution in [-0.2, 0) is 11.8 Å². The number of anilines is 2. The van der Waals surface area contributed by atoms with Gasteiger partial charge in [-0.25, -0.2) is 4.98 Å². The van der Waals surface area contributed by atoms with Crippen LogP contribution in [0.4, 0.5) is 11.4 Å². The molecular formula is C20H19N5O2. The topological polar surface area (TPSA) is 94.2 Å². The first kappa shape index (κ1) is 16.8. The van der Waals surface area contributed by atoms with E-state index in [1.54, 1.807) is 23.1 Å². The van der Waals surface area contributed by atoms with E-state index in [-0.39, 0.29) is 24.0 Å². The molecule has 0 atom stereocenters. The third-order valence-electron chi connectivity index (χ3n) is 4.59. The number of carbonyl (C=O) groups is 1. The van der Waals surface area contributed by atoms with E-state index in [2.05, 4.69) is 10.3 Å². The molecule has 0 saturated carbocycles. The monoisotopic (exact) mass is 361 g/mol. The van der Waals surface area contributed by atoms with Gasteiger partial charge >= 0.3 is 0 Å². The van der Waals surface area contributed by atoms with Crippen LogP contribution in [-0.4, -0.2) is 32.9 Å². The number of benzene rings is 2. The number of nitrogens with zero attached hydrogens (tertiary/aromatic N) is 3. The molecule has 7 nitrogen and oxygen atoms in total. The minimum absolute atomic E-state index is 0.100. The van der Waals surface area contributed by atoms with Gasteiger partial charge in [0.25, 0.3) is 0 Å². The number of imidazole rings is 1. The van der Waals surface area contributed by atoms with Crippen LogP contribution in [0.15, 0.2) is 54.3 Å². The summed E-state index contributed by atoms with van der Waals surface area (Å²) in [5.74, 6) is 0.665. The molecule has 1 aromatic heterocycles. The molecule has 27 heavy (non-hydrogen) atoms. The molecule has 2 aromatic carbocycles. The number of carbonyl (C=O) groups excluding carboxylic acids is 1. The van der Waals surface area contributed by atoms with Crippen molar-refractivity contribution in [1.82, 2.24) is 9.55 Å². The van der Waals surface area contributed by atoms with Crippen LogP contribution in [0, 0.1) is 5.41 Å². The Kier molecular flexibility index (Phi) is 3.92. The summed E-state index contributed by atoms with van der Waals surface area (Å²) in [5, 5.41) is 21.9. The minimum Gasteiger partial charge on any atom is -0.509 e. The quantitative estimate of drug-likeness (QED) is 0.667. The number of aromatic nitrogens is 2. The molecule has 7 heteroatoms. The molecule has 4 rings (SSSR count). The Morgan fingerprint density at radius 2 is 2.00 bits per heavy atom. The number of fused-ring (bicyclic) bond motifs is 1. The molecule has 3 N–H and O–H groups in total. The van der Waals surface area contributed by atoms with E-state index in [4.69, 9.17) is 5.41 Å². The van der Waals surface area contributed by atoms with Crippen molar-refractivity contribution in [3.63, 3.8) is 0 Å². The van der Waals surface area contributed by atoms with Gasteiger partial charge in [-0.05, 0) is 30.3 Å². The second-order valence-electron chi connectivity index (χ2n) is 6.47. The zero-order valence-electron chi connectivity index (χ0n) is 15.0. The first-order valence-electron chi connectivity index (χ1n) is 8.54. The third kappa shape index (κ3) is 2.83. The van der Waals surface area contributed by atoms with E-state index in [1.165, 1.54) is 6.92 Å². The smallest absolute Gasteiger partial charge is 0.221 e. The predicted molar refractivity (Wildman–Crippen MR) is 106 cm³/mol. The van der Waals surface area contributed by atoms with Gasteiger partial charge in [-0.15, -0.1) is 0 Å². The Labute approximate surface area is 156 Å². The first-order chi connectivity index (χ1) is 13.0. The van der Waals surface area contributed by atoms with E-state index in [0.29, 0.717) is 22.8 Å². The molecule has 0 spiro atoms. The summed E-state index contributed by atoms with van der Waals surface area (Å²) in [6, 6.07) is 14.9. The molecule has 0 aliphatic carbocycles. The summed E-state index contributed by atoms with van der Waals surface area (Å²) in [5.41, 5.74) is 3.52. The van der Waals surface area contributed by atoms with Gasteiger partial charge in [-0.2, -0.15) is 0 Å². The number of rotatable bonds is 3. The van der Waals surface area contributed by atoms with Crippen LogP contribution in [0.3, 0.4) is 0 Å². The Bertz CT molecular complexity index is 1110. The lowest BCUT2D eigenvalue weighted by atomic mass is 10.2. The van der Waals surface area contributed by atoms with Crippen molar-refractivity contribution in [2.75, 3.05) is 16.8 Å². The van der Waals surface area contributed by atoms with Gasteiger partial charge < -0.3 is 19.9 Å². The molecule has 1 amide bonds. The highest BCUT2D eigenvalue weighted by Gasteiger charge is 2.32. The number of aliphatic hydroxyl groups is 1. The van der Waals surface area contributed by atoms with Gasteiger partial charge in [0.15, 0.2) is 0 Å². The Balaban J connectivity index is 1.71. The third-order valence-corrected chi connectivity index (χ3v) is 4.59. The summed E-state index contributed by atoms with van der Waals surface area (Å²) in [7, 11) is 1.87. The largest absolute Gasteiger partial charge is 0.509 e. The molecule has 0 unspecified atom stereocenters. The highest BCUT2D eigenvalue weighted by Crippen LogP contribution is 2.32. The Morgan fingerprint density at radius 3 is 2.74 bits per heavy atom. The van der Waals surface area contributed by atoms with Gasteiger partial charge in [0, 0.05) is 25.3 Å². The first-order valence-corrected chi connectivity index (χ1v) is 8.54. The van der Waals surface area contributed by atoms with Crippen LogP contribution in [0.25, 0.3) is 16.6 Å². The molecule has 1 aliphatic rings. The van der Waals surface area contributed by atoms with Crippen molar-refractivity contribution in [3.05, 3.63) is 60.1 Å². The molecule has 0 radical (unpaired) electrons. The number of nitrogens with one attached hydrogen (secondary N) is 2. The van der Waals surface area contributed by atoms with Crippen molar-refractivity contribution in [1.29, 1.82) is 5.41 Å². The van der Waals surface area contributed by atoms with E-state index in [0.717, 1.165) is 11.0 Å². The second-order valence-corrected chi connectivity index (χ2v) is 6.47. The maximum atomic E-state index is 11.3. The van der Waals surface area contributed by atoms with Crippen molar-refractivity contribution >= 4 is 39.7 Å². The van der Waals surface area contributed by atoms with Crippen molar-refractivity contribution < 1.29 is 9.90 Å². The fourth-order valence-corrected chi connectivity index (χ4v) is 3.36. The fraction of sp³-hybridized carbons (Fsp3) is 0.150. The highest BCUT2D eigenvalue weighted by atomic mass is 16.3. The number of hydrogen-bond acceptors (Lipinski definition) is 4.